The van der Waals surface area contributed by atoms with Crippen LogP contribution in [-0.4, -0.2) is 27.1 Å². The summed E-state index contributed by atoms with van der Waals surface area (Å²) in [6.45, 7) is 2.36. The number of likely N-dealkylation sites (tertiary alicyclic amines) is 1. The highest BCUT2D eigenvalue weighted by Crippen LogP contribution is 2.36. The van der Waals surface area contributed by atoms with E-state index in [1.807, 2.05) is 6.92 Å². The van der Waals surface area contributed by atoms with E-state index in [0.717, 1.165) is 17.5 Å². The number of amides is 1. The van der Waals surface area contributed by atoms with Crippen molar-refractivity contribution in [3.05, 3.63) is 16.4 Å². The highest BCUT2D eigenvalue weighted by molar-refractivity contribution is 6.30. The summed E-state index contributed by atoms with van der Waals surface area (Å²) in [6.07, 6.45) is -2.33. The lowest BCUT2D eigenvalue weighted by Gasteiger charge is -2.17. The Bertz CT molecular complexity index is 541. The molecule has 118 valence electrons. The number of hydrogen-bond acceptors (Lipinski definition) is 2. The van der Waals surface area contributed by atoms with Crippen LogP contribution in [0, 0.1) is 5.92 Å². The zero-order valence-corrected chi connectivity index (χ0v) is 12.6. The predicted molar refractivity (Wildman–Crippen MR) is 71.7 cm³/mol. The number of halogens is 4. The fourth-order valence-electron chi connectivity index (χ4n) is 2.71. The number of rotatable bonds is 4. The van der Waals surface area contributed by atoms with Crippen molar-refractivity contribution in [2.24, 2.45) is 13.0 Å². The van der Waals surface area contributed by atoms with Gasteiger partial charge in [-0.25, -0.2) is 0 Å². The van der Waals surface area contributed by atoms with E-state index in [-0.39, 0.29) is 29.1 Å². The summed E-state index contributed by atoms with van der Waals surface area (Å²) in [4.78, 5) is 13.4. The average Bonchev–Trinajstić information content (AvgIpc) is 2.85. The molecule has 1 aromatic heterocycles. The normalized spacial score (nSPS) is 19.6. The first-order valence-electron chi connectivity index (χ1n) is 6.80. The highest BCUT2D eigenvalue weighted by atomic mass is 35.5. The fourth-order valence-corrected chi connectivity index (χ4v) is 2.90. The van der Waals surface area contributed by atoms with Crippen LogP contribution in [0.1, 0.15) is 37.4 Å². The second-order valence-corrected chi connectivity index (χ2v) is 5.73. The molecule has 8 heteroatoms. The van der Waals surface area contributed by atoms with Crippen LogP contribution in [0.15, 0.2) is 0 Å². The number of aromatic nitrogens is 2. The number of carbonyl (C=O) groups is 1. The molecule has 0 bridgehead atoms. The summed E-state index contributed by atoms with van der Waals surface area (Å²) in [6, 6.07) is 0. The van der Waals surface area contributed by atoms with Gasteiger partial charge in [-0.15, -0.1) is 0 Å². The molecular weight excluding hydrogens is 307 g/mol. The molecule has 1 aliphatic heterocycles. The molecule has 1 amide bonds. The van der Waals surface area contributed by atoms with Gasteiger partial charge in [0.2, 0.25) is 5.91 Å². The van der Waals surface area contributed by atoms with Crippen molar-refractivity contribution in [2.75, 3.05) is 6.54 Å². The summed E-state index contributed by atoms with van der Waals surface area (Å²) in [7, 11) is 1.35. The molecule has 0 radical (unpaired) electrons. The zero-order chi connectivity index (χ0) is 15.8. The molecule has 1 atom stereocenters. The maximum absolute atomic E-state index is 13.0. The zero-order valence-electron chi connectivity index (χ0n) is 11.9. The lowest BCUT2D eigenvalue weighted by molar-refractivity contribution is -0.142. The Morgan fingerprint density at radius 1 is 1.43 bits per heavy atom. The van der Waals surface area contributed by atoms with Crippen LogP contribution in [0.4, 0.5) is 13.2 Å². The molecule has 0 N–H and O–H groups in total. The molecule has 0 aliphatic carbocycles. The van der Waals surface area contributed by atoms with Crippen LogP contribution >= 0.6 is 11.6 Å². The summed E-state index contributed by atoms with van der Waals surface area (Å²) in [5.41, 5.74) is -1.14. The Kier molecular flexibility index (Phi) is 4.51. The monoisotopic (exact) mass is 323 g/mol. The minimum absolute atomic E-state index is 0.0749. The van der Waals surface area contributed by atoms with Crippen molar-refractivity contribution in [1.29, 1.82) is 0 Å². The molecule has 2 rings (SSSR count). The van der Waals surface area contributed by atoms with Crippen LogP contribution in [0.25, 0.3) is 0 Å². The third-order valence-electron chi connectivity index (χ3n) is 3.68. The second-order valence-electron chi connectivity index (χ2n) is 5.37. The molecule has 2 heterocycles. The van der Waals surface area contributed by atoms with E-state index in [4.69, 9.17) is 11.6 Å². The van der Waals surface area contributed by atoms with E-state index >= 15 is 0 Å². The Balaban J connectivity index is 2.22. The largest absolute Gasteiger partial charge is 0.435 e. The Hall–Kier alpha value is -1.24. The van der Waals surface area contributed by atoms with Gasteiger partial charge < -0.3 is 4.90 Å². The average molecular weight is 324 g/mol. The number of aryl methyl sites for hydroxylation is 1. The first kappa shape index (κ1) is 16.1. The molecule has 1 aromatic rings. The topological polar surface area (TPSA) is 38.1 Å². The summed E-state index contributed by atoms with van der Waals surface area (Å²) >= 11 is 5.91. The third kappa shape index (κ3) is 3.33. The number of hydrogen-bond donors (Lipinski definition) is 0. The van der Waals surface area contributed by atoms with Crippen molar-refractivity contribution in [3.8, 4) is 0 Å². The molecule has 1 fully saturated rings. The molecule has 1 aliphatic rings. The lowest BCUT2D eigenvalue weighted by atomic mass is 10.0. The van der Waals surface area contributed by atoms with Gasteiger partial charge in [0.25, 0.3) is 0 Å². The SMILES string of the molecule is CCCC1CC(=O)N(Cc2c(C(F)(F)F)nn(C)c2Cl)C1. The summed E-state index contributed by atoms with van der Waals surface area (Å²) in [5.74, 6) is 0.0915. The van der Waals surface area contributed by atoms with Crippen LogP contribution in [0.2, 0.25) is 5.15 Å². The van der Waals surface area contributed by atoms with Crippen molar-refractivity contribution >= 4 is 17.5 Å². The summed E-state index contributed by atoms with van der Waals surface area (Å²) in [5, 5.41) is 3.35. The van der Waals surface area contributed by atoms with Gasteiger partial charge >= 0.3 is 6.18 Å². The lowest BCUT2D eigenvalue weighted by Crippen LogP contribution is -2.26. The first-order valence-corrected chi connectivity index (χ1v) is 7.18. The standard InChI is InChI=1S/C13H17ClF3N3O/c1-3-4-8-5-10(21)20(6-8)7-9-11(13(15,16)17)18-19(2)12(9)14/h8H,3-7H2,1-2H3. The molecule has 4 nitrogen and oxygen atoms in total. The number of carbonyl (C=O) groups excluding carboxylic acids is 1. The van der Waals surface area contributed by atoms with Crippen molar-refractivity contribution < 1.29 is 18.0 Å². The minimum atomic E-state index is -4.58. The van der Waals surface area contributed by atoms with Gasteiger partial charge in [-0.3, -0.25) is 9.48 Å². The Labute approximate surface area is 125 Å². The van der Waals surface area contributed by atoms with Crippen LogP contribution in [0.5, 0.6) is 0 Å². The molecule has 1 unspecified atom stereocenters. The van der Waals surface area contributed by atoms with Crippen molar-refractivity contribution in [1.82, 2.24) is 14.7 Å². The predicted octanol–water partition coefficient (Wildman–Crippen LogP) is 3.24. The molecule has 0 saturated carbocycles. The quantitative estimate of drug-likeness (QED) is 0.853. The highest BCUT2D eigenvalue weighted by Gasteiger charge is 2.40. The smallest absolute Gasteiger partial charge is 0.338 e. The minimum Gasteiger partial charge on any atom is -0.338 e. The van der Waals surface area contributed by atoms with Gasteiger partial charge in [-0.05, 0) is 12.3 Å². The van der Waals surface area contributed by atoms with Crippen LogP contribution in [-0.2, 0) is 24.6 Å². The van der Waals surface area contributed by atoms with Crippen molar-refractivity contribution in [3.63, 3.8) is 0 Å². The van der Waals surface area contributed by atoms with Gasteiger partial charge in [0, 0.05) is 25.6 Å². The van der Waals surface area contributed by atoms with Gasteiger partial charge in [0.15, 0.2) is 5.69 Å². The van der Waals surface area contributed by atoms with Gasteiger partial charge in [-0.2, -0.15) is 18.3 Å². The number of nitrogens with zero attached hydrogens (tertiary/aromatic N) is 3. The molecule has 21 heavy (non-hydrogen) atoms. The van der Waals surface area contributed by atoms with E-state index in [1.54, 1.807) is 0 Å². The van der Waals surface area contributed by atoms with Crippen molar-refractivity contribution in [2.45, 2.75) is 38.9 Å². The van der Waals surface area contributed by atoms with Gasteiger partial charge in [0.05, 0.1) is 6.54 Å². The summed E-state index contributed by atoms with van der Waals surface area (Å²) < 4.78 is 39.9. The molecule has 0 aromatic carbocycles. The Morgan fingerprint density at radius 2 is 2.10 bits per heavy atom. The van der Waals surface area contributed by atoms with E-state index < -0.39 is 11.9 Å². The van der Waals surface area contributed by atoms with E-state index in [9.17, 15) is 18.0 Å². The number of alkyl halides is 3. The molecule has 1 saturated heterocycles. The van der Waals surface area contributed by atoms with E-state index in [1.165, 1.54) is 11.9 Å². The van der Waals surface area contributed by atoms with Gasteiger partial charge in [0.1, 0.15) is 5.15 Å². The van der Waals surface area contributed by atoms with E-state index in [0.29, 0.717) is 13.0 Å². The molecular formula is C13H17ClF3N3O. The maximum atomic E-state index is 13.0. The van der Waals surface area contributed by atoms with E-state index in [2.05, 4.69) is 5.10 Å². The Morgan fingerprint density at radius 3 is 2.67 bits per heavy atom. The maximum Gasteiger partial charge on any atom is 0.435 e. The fraction of sp³-hybridized carbons (Fsp3) is 0.692. The van der Waals surface area contributed by atoms with Crippen LogP contribution in [0.3, 0.4) is 0 Å². The third-order valence-corrected chi connectivity index (χ3v) is 4.15. The first-order chi connectivity index (χ1) is 9.74. The van der Waals surface area contributed by atoms with Gasteiger partial charge in [-0.1, -0.05) is 24.9 Å². The second kappa shape index (κ2) is 5.87. The molecule has 0 spiro atoms. The van der Waals surface area contributed by atoms with Crippen LogP contribution < -0.4 is 0 Å².